The Bertz CT molecular complexity index is 912. The van der Waals surface area contributed by atoms with E-state index in [9.17, 15) is 4.79 Å². The number of halogens is 1. The molecule has 2 heterocycles. The maximum Gasteiger partial charge on any atom is 0.320 e. The molecule has 4 nitrogen and oxygen atoms in total. The SMILES string of the molecule is CC(C)(C)OC(=O)CN[C@@H]1CCCN2c3cc(Cl)ccc3Sc3ccccc3[C@@H]12. The predicted octanol–water partition coefficient (Wildman–Crippen LogP) is 5.45. The summed E-state index contributed by atoms with van der Waals surface area (Å²) in [5, 5.41) is 4.25. The van der Waals surface area contributed by atoms with Crippen LogP contribution in [-0.4, -0.2) is 30.7 Å². The summed E-state index contributed by atoms with van der Waals surface area (Å²) in [6.07, 6.45) is 2.07. The first kappa shape index (κ1) is 20.6. The molecule has 0 aliphatic carbocycles. The third-order valence-corrected chi connectivity index (χ3v) is 6.64. The van der Waals surface area contributed by atoms with Gasteiger partial charge in [-0.3, -0.25) is 4.79 Å². The van der Waals surface area contributed by atoms with Gasteiger partial charge in [0.05, 0.1) is 18.3 Å². The molecule has 0 spiro atoms. The molecule has 2 aliphatic heterocycles. The highest BCUT2D eigenvalue weighted by Crippen LogP contribution is 2.49. The van der Waals surface area contributed by atoms with E-state index in [1.807, 2.05) is 26.8 Å². The number of carbonyl (C=O) groups excluding carboxylic acids is 1. The van der Waals surface area contributed by atoms with Gasteiger partial charge in [0.25, 0.3) is 0 Å². The highest BCUT2D eigenvalue weighted by molar-refractivity contribution is 7.99. The Morgan fingerprint density at radius 1 is 1.24 bits per heavy atom. The van der Waals surface area contributed by atoms with Crippen molar-refractivity contribution < 1.29 is 9.53 Å². The lowest BCUT2D eigenvalue weighted by atomic mass is 9.89. The summed E-state index contributed by atoms with van der Waals surface area (Å²) in [5.74, 6) is -0.214. The molecule has 0 amide bonds. The topological polar surface area (TPSA) is 41.6 Å². The van der Waals surface area contributed by atoms with Crippen LogP contribution in [0.15, 0.2) is 52.3 Å². The second kappa shape index (κ2) is 8.21. The Morgan fingerprint density at radius 3 is 2.83 bits per heavy atom. The van der Waals surface area contributed by atoms with Crippen LogP contribution < -0.4 is 10.2 Å². The molecule has 2 aromatic rings. The van der Waals surface area contributed by atoms with E-state index in [0.29, 0.717) is 0 Å². The van der Waals surface area contributed by atoms with Crippen LogP contribution in [0.2, 0.25) is 5.02 Å². The first-order valence-electron chi connectivity index (χ1n) is 10.1. The van der Waals surface area contributed by atoms with Gasteiger partial charge >= 0.3 is 5.97 Å². The molecule has 0 bridgehead atoms. The molecule has 6 heteroatoms. The maximum atomic E-state index is 12.3. The number of esters is 1. The van der Waals surface area contributed by atoms with Crippen molar-refractivity contribution in [2.24, 2.45) is 0 Å². The minimum atomic E-state index is -0.474. The molecular formula is C23H27ClN2O2S. The van der Waals surface area contributed by atoms with Crippen molar-refractivity contribution in [1.29, 1.82) is 0 Å². The number of nitrogens with one attached hydrogen (secondary N) is 1. The van der Waals surface area contributed by atoms with Gasteiger partial charge in [-0.25, -0.2) is 0 Å². The van der Waals surface area contributed by atoms with Crippen molar-refractivity contribution >= 4 is 35.0 Å². The number of hydrogen-bond donors (Lipinski definition) is 1. The Hall–Kier alpha value is -1.69. The summed E-state index contributed by atoms with van der Waals surface area (Å²) in [7, 11) is 0. The zero-order valence-corrected chi connectivity index (χ0v) is 18.6. The monoisotopic (exact) mass is 430 g/mol. The van der Waals surface area contributed by atoms with E-state index in [-0.39, 0.29) is 24.6 Å². The van der Waals surface area contributed by atoms with Crippen LogP contribution in [-0.2, 0) is 9.53 Å². The van der Waals surface area contributed by atoms with E-state index >= 15 is 0 Å². The van der Waals surface area contributed by atoms with Crippen LogP contribution >= 0.6 is 23.4 Å². The molecule has 2 aromatic carbocycles. The predicted molar refractivity (Wildman–Crippen MR) is 119 cm³/mol. The summed E-state index contributed by atoms with van der Waals surface area (Å²) < 4.78 is 5.49. The number of nitrogens with zero attached hydrogens (tertiary/aromatic N) is 1. The van der Waals surface area contributed by atoms with Crippen molar-refractivity contribution in [2.75, 3.05) is 18.0 Å². The molecule has 1 N–H and O–H groups in total. The van der Waals surface area contributed by atoms with Gasteiger partial charge < -0.3 is 15.0 Å². The highest BCUT2D eigenvalue weighted by Gasteiger charge is 2.37. The number of rotatable bonds is 3. The summed E-state index contributed by atoms with van der Waals surface area (Å²) in [6.45, 7) is 6.87. The molecule has 0 unspecified atom stereocenters. The van der Waals surface area contributed by atoms with Gasteiger partial charge in [0, 0.05) is 27.4 Å². The van der Waals surface area contributed by atoms with Crippen molar-refractivity contribution in [3.8, 4) is 0 Å². The second-order valence-electron chi connectivity index (χ2n) is 8.61. The highest BCUT2D eigenvalue weighted by atomic mass is 35.5. The minimum absolute atomic E-state index is 0.148. The third-order valence-electron chi connectivity index (χ3n) is 5.25. The molecule has 154 valence electrons. The summed E-state index contributed by atoms with van der Waals surface area (Å²) in [4.78, 5) is 17.2. The number of piperidine rings is 1. The lowest BCUT2D eigenvalue weighted by Crippen LogP contribution is -2.50. The largest absolute Gasteiger partial charge is 0.459 e. The fourth-order valence-electron chi connectivity index (χ4n) is 4.19. The van der Waals surface area contributed by atoms with Crippen LogP contribution in [0.5, 0.6) is 0 Å². The lowest BCUT2D eigenvalue weighted by Gasteiger charge is -2.43. The quantitative estimate of drug-likeness (QED) is 0.656. The average Bonchev–Trinajstić information content (AvgIpc) is 2.80. The maximum absolute atomic E-state index is 12.3. The van der Waals surface area contributed by atoms with E-state index in [1.54, 1.807) is 11.8 Å². The zero-order chi connectivity index (χ0) is 20.6. The fourth-order valence-corrected chi connectivity index (χ4v) is 5.47. The van der Waals surface area contributed by atoms with Crippen LogP contribution in [0, 0.1) is 0 Å². The number of benzene rings is 2. The van der Waals surface area contributed by atoms with Gasteiger partial charge in [0.2, 0.25) is 0 Å². The van der Waals surface area contributed by atoms with Crippen molar-refractivity contribution in [3.63, 3.8) is 0 Å². The van der Waals surface area contributed by atoms with Gasteiger partial charge in [-0.15, -0.1) is 0 Å². The zero-order valence-electron chi connectivity index (χ0n) is 17.1. The number of anilines is 1. The van der Waals surface area contributed by atoms with Crippen molar-refractivity contribution in [3.05, 3.63) is 53.1 Å². The Morgan fingerprint density at radius 2 is 2.03 bits per heavy atom. The van der Waals surface area contributed by atoms with Crippen molar-refractivity contribution in [2.45, 2.75) is 61.1 Å². The van der Waals surface area contributed by atoms with Crippen LogP contribution in [0.25, 0.3) is 0 Å². The lowest BCUT2D eigenvalue weighted by molar-refractivity contribution is -0.153. The molecule has 1 fully saturated rings. The van der Waals surface area contributed by atoms with Crippen LogP contribution in [0.4, 0.5) is 5.69 Å². The van der Waals surface area contributed by atoms with E-state index in [1.165, 1.54) is 21.0 Å². The van der Waals surface area contributed by atoms with Gasteiger partial charge in [0.15, 0.2) is 0 Å². The van der Waals surface area contributed by atoms with Gasteiger partial charge in [0.1, 0.15) is 5.60 Å². The summed E-state index contributed by atoms with van der Waals surface area (Å²) in [5.41, 5.74) is 2.00. The Labute approximate surface area is 182 Å². The van der Waals surface area contributed by atoms with Gasteiger partial charge in [-0.1, -0.05) is 41.6 Å². The third kappa shape index (κ3) is 4.57. The number of hydrogen-bond acceptors (Lipinski definition) is 5. The standard InChI is InChI=1S/C23H27ClN2O2S/c1-23(2,3)28-21(27)14-25-17-8-6-12-26-18-13-15(24)10-11-20(18)29-19-9-5-4-7-16(19)22(17)26/h4-5,7,9-11,13,17,22,25H,6,8,12,14H2,1-3H3/t17-,22+/m1/s1. The summed E-state index contributed by atoms with van der Waals surface area (Å²) >= 11 is 8.15. The molecule has 0 saturated carbocycles. The number of fused-ring (bicyclic) bond motifs is 5. The van der Waals surface area contributed by atoms with E-state index in [2.05, 4.69) is 46.6 Å². The first-order chi connectivity index (χ1) is 13.8. The molecule has 1 saturated heterocycles. The van der Waals surface area contributed by atoms with E-state index < -0.39 is 5.60 Å². The first-order valence-corrected chi connectivity index (χ1v) is 11.3. The average molecular weight is 431 g/mol. The van der Waals surface area contributed by atoms with E-state index in [0.717, 1.165) is 24.4 Å². The molecule has 2 aliphatic rings. The van der Waals surface area contributed by atoms with E-state index in [4.69, 9.17) is 16.3 Å². The number of ether oxygens (including phenoxy) is 1. The smallest absolute Gasteiger partial charge is 0.320 e. The number of carbonyl (C=O) groups is 1. The summed E-state index contributed by atoms with van der Waals surface area (Å²) in [6, 6.07) is 15.0. The molecule has 2 atom stereocenters. The van der Waals surface area contributed by atoms with Gasteiger partial charge in [-0.05, 0) is 63.4 Å². The Balaban J connectivity index is 1.66. The molecule has 4 rings (SSSR count). The van der Waals surface area contributed by atoms with Crippen LogP contribution in [0.1, 0.15) is 45.2 Å². The van der Waals surface area contributed by atoms with Crippen molar-refractivity contribution in [1.82, 2.24) is 5.32 Å². The normalized spacial score (nSPS) is 20.9. The molecule has 0 aromatic heterocycles. The fraction of sp³-hybridized carbons (Fsp3) is 0.435. The van der Waals surface area contributed by atoms with Gasteiger partial charge in [-0.2, -0.15) is 0 Å². The van der Waals surface area contributed by atoms with Crippen LogP contribution in [0.3, 0.4) is 0 Å². The minimum Gasteiger partial charge on any atom is -0.459 e. The molecule has 29 heavy (non-hydrogen) atoms. The second-order valence-corrected chi connectivity index (χ2v) is 10.1. The molecule has 0 radical (unpaired) electrons. The Kier molecular flexibility index (Phi) is 5.83. The molecular weight excluding hydrogens is 404 g/mol.